The Hall–Kier alpha value is -0.820. The van der Waals surface area contributed by atoms with E-state index in [1.807, 2.05) is 0 Å². The molecule has 1 saturated carbocycles. The molecule has 0 unspecified atom stereocenters. The van der Waals surface area contributed by atoms with Crippen molar-refractivity contribution in [1.29, 1.82) is 0 Å². The molecule has 13 heavy (non-hydrogen) atoms. The first-order valence-electron chi connectivity index (χ1n) is 5.19. The van der Waals surface area contributed by atoms with Gasteiger partial charge in [0.2, 0.25) is 0 Å². The van der Waals surface area contributed by atoms with Gasteiger partial charge in [0.25, 0.3) is 0 Å². The SMILES string of the molecule is N[C@@H]1C[C@H]2c3ccccc3CC[C@@H]12. The van der Waals surface area contributed by atoms with Crippen LogP contribution in [0.4, 0.5) is 0 Å². The lowest BCUT2D eigenvalue weighted by molar-refractivity contribution is 0.179. The number of hydrogen-bond donors (Lipinski definition) is 1. The number of nitrogens with two attached hydrogens (primary N) is 1. The predicted molar refractivity (Wildman–Crippen MR) is 53.6 cm³/mol. The van der Waals surface area contributed by atoms with Gasteiger partial charge in [-0.15, -0.1) is 0 Å². The largest absolute Gasteiger partial charge is 0.327 e. The monoisotopic (exact) mass is 173 g/mol. The van der Waals surface area contributed by atoms with E-state index in [4.69, 9.17) is 5.73 Å². The van der Waals surface area contributed by atoms with Crippen LogP contribution >= 0.6 is 0 Å². The maximum Gasteiger partial charge on any atom is 0.00790 e. The topological polar surface area (TPSA) is 26.0 Å². The van der Waals surface area contributed by atoms with Gasteiger partial charge in [-0.2, -0.15) is 0 Å². The molecule has 0 bridgehead atoms. The fraction of sp³-hybridized carbons (Fsp3) is 0.500. The summed E-state index contributed by atoms with van der Waals surface area (Å²) in [4.78, 5) is 0. The fourth-order valence-electron chi connectivity index (χ4n) is 2.96. The third-order valence-electron chi connectivity index (χ3n) is 3.79. The van der Waals surface area contributed by atoms with E-state index >= 15 is 0 Å². The van der Waals surface area contributed by atoms with Crippen LogP contribution in [-0.4, -0.2) is 6.04 Å². The molecular weight excluding hydrogens is 158 g/mol. The molecule has 0 heterocycles. The third kappa shape index (κ3) is 0.969. The van der Waals surface area contributed by atoms with Crippen LogP contribution in [-0.2, 0) is 6.42 Å². The molecule has 3 rings (SSSR count). The Labute approximate surface area is 78.9 Å². The van der Waals surface area contributed by atoms with Crippen LogP contribution in [0.15, 0.2) is 24.3 Å². The number of hydrogen-bond acceptors (Lipinski definition) is 1. The van der Waals surface area contributed by atoms with Crippen molar-refractivity contribution in [2.75, 3.05) is 0 Å². The van der Waals surface area contributed by atoms with Crippen molar-refractivity contribution in [2.24, 2.45) is 11.7 Å². The van der Waals surface area contributed by atoms with E-state index in [1.165, 1.54) is 19.3 Å². The number of fused-ring (bicyclic) bond motifs is 3. The summed E-state index contributed by atoms with van der Waals surface area (Å²) in [5.74, 6) is 1.58. The molecule has 3 atom stereocenters. The van der Waals surface area contributed by atoms with Gasteiger partial charge in [-0.25, -0.2) is 0 Å². The van der Waals surface area contributed by atoms with E-state index < -0.39 is 0 Å². The van der Waals surface area contributed by atoms with Gasteiger partial charge in [-0.1, -0.05) is 24.3 Å². The number of aryl methyl sites for hydroxylation is 1. The summed E-state index contributed by atoms with van der Waals surface area (Å²) in [6.45, 7) is 0. The van der Waals surface area contributed by atoms with Crippen molar-refractivity contribution < 1.29 is 0 Å². The molecule has 2 N–H and O–H groups in total. The first-order chi connectivity index (χ1) is 6.36. The molecule has 0 saturated heterocycles. The van der Waals surface area contributed by atoms with Crippen LogP contribution in [0.2, 0.25) is 0 Å². The minimum Gasteiger partial charge on any atom is -0.327 e. The summed E-state index contributed by atoms with van der Waals surface area (Å²) in [5.41, 5.74) is 9.14. The van der Waals surface area contributed by atoms with Crippen molar-refractivity contribution in [3.63, 3.8) is 0 Å². The van der Waals surface area contributed by atoms with E-state index in [0.29, 0.717) is 6.04 Å². The lowest BCUT2D eigenvalue weighted by Gasteiger charge is -2.47. The van der Waals surface area contributed by atoms with Gasteiger partial charge in [0.15, 0.2) is 0 Å². The molecule has 0 amide bonds. The van der Waals surface area contributed by atoms with Gasteiger partial charge in [0, 0.05) is 6.04 Å². The minimum atomic E-state index is 0.485. The second kappa shape index (κ2) is 2.58. The second-order valence-corrected chi connectivity index (χ2v) is 4.41. The van der Waals surface area contributed by atoms with Crippen molar-refractivity contribution in [2.45, 2.75) is 31.2 Å². The smallest absolute Gasteiger partial charge is 0.00790 e. The van der Waals surface area contributed by atoms with Crippen molar-refractivity contribution >= 4 is 0 Å². The summed E-state index contributed by atoms with van der Waals surface area (Å²) >= 11 is 0. The molecule has 0 radical (unpaired) electrons. The molecule has 1 heteroatoms. The maximum atomic E-state index is 5.99. The Morgan fingerprint density at radius 1 is 1.23 bits per heavy atom. The summed E-state index contributed by atoms with van der Waals surface area (Å²) in [6.07, 6.45) is 3.76. The zero-order valence-electron chi connectivity index (χ0n) is 7.74. The molecule has 1 aromatic rings. The van der Waals surface area contributed by atoms with Gasteiger partial charge in [0.05, 0.1) is 0 Å². The average molecular weight is 173 g/mol. The van der Waals surface area contributed by atoms with Crippen LogP contribution < -0.4 is 5.73 Å². The second-order valence-electron chi connectivity index (χ2n) is 4.41. The van der Waals surface area contributed by atoms with Gasteiger partial charge in [-0.05, 0) is 42.2 Å². The Balaban J connectivity index is 2.01. The zero-order chi connectivity index (χ0) is 8.84. The van der Waals surface area contributed by atoms with Crippen LogP contribution in [0, 0.1) is 5.92 Å². The van der Waals surface area contributed by atoms with Gasteiger partial charge in [0.1, 0.15) is 0 Å². The van der Waals surface area contributed by atoms with E-state index in [0.717, 1.165) is 11.8 Å². The molecule has 2 aliphatic rings. The van der Waals surface area contributed by atoms with Crippen molar-refractivity contribution in [3.8, 4) is 0 Å². The first kappa shape index (κ1) is 7.57. The Bertz CT molecular complexity index is 332. The minimum absolute atomic E-state index is 0.485. The zero-order valence-corrected chi connectivity index (χ0v) is 7.74. The lowest BCUT2D eigenvalue weighted by atomic mass is 9.60. The molecule has 0 spiro atoms. The summed E-state index contributed by atoms with van der Waals surface area (Å²) in [7, 11) is 0. The fourth-order valence-corrected chi connectivity index (χ4v) is 2.96. The molecule has 0 aliphatic heterocycles. The predicted octanol–water partition coefficient (Wildman–Crippen LogP) is 2.06. The highest BCUT2D eigenvalue weighted by Crippen LogP contribution is 2.48. The van der Waals surface area contributed by atoms with E-state index in [2.05, 4.69) is 24.3 Å². The highest BCUT2D eigenvalue weighted by Gasteiger charge is 2.42. The van der Waals surface area contributed by atoms with Gasteiger partial charge < -0.3 is 5.73 Å². The summed E-state index contributed by atoms with van der Waals surface area (Å²) in [5, 5.41) is 0. The molecule has 1 nitrogen and oxygen atoms in total. The van der Waals surface area contributed by atoms with Crippen molar-refractivity contribution in [1.82, 2.24) is 0 Å². The Morgan fingerprint density at radius 2 is 2.08 bits per heavy atom. The molecule has 1 aromatic carbocycles. The van der Waals surface area contributed by atoms with Crippen LogP contribution in [0.25, 0.3) is 0 Å². The van der Waals surface area contributed by atoms with E-state index in [9.17, 15) is 0 Å². The van der Waals surface area contributed by atoms with Crippen molar-refractivity contribution in [3.05, 3.63) is 35.4 Å². The molecule has 2 aliphatic carbocycles. The van der Waals surface area contributed by atoms with Gasteiger partial charge >= 0.3 is 0 Å². The van der Waals surface area contributed by atoms with E-state index in [1.54, 1.807) is 11.1 Å². The molecule has 1 fully saturated rings. The van der Waals surface area contributed by atoms with Crippen LogP contribution in [0.3, 0.4) is 0 Å². The lowest BCUT2D eigenvalue weighted by Crippen LogP contribution is -2.47. The number of benzene rings is 1. The summed E-state index contributed by atoms with van der Waals surface area (Å²) < 4.78 is 0. The first-order valence-corrected chi connectivity index (χ1v) is 5.19. The maximum absolute atomic E-state index is 5.99. The molecule has 68 valence electrons. The van der Waals surface area contributed by atoms with E-state index in [-0.39, 0.29) is 0 Å². The quantitative estimate of drug-likeness (QED) is 0.638. The normalized spacial score (nSPS) is 35.9. The average Bonchev–Trinajstić information content (AvgIpc) is 2.16. The Kier molecular flexibility index (Phi) is 1.50. The van der Waals surface area contributed by atoms with Crippen LogP contribution in [0.1, 0.15) is 29.9 Å². The molecule has 0 aromatic heterocycles. The highest BCUT2D eigenvalue weighted by atomic mass is 14.7. The summed E-state index contributed by atoms with van der Waals surface area (Å²) in [6, 6.07) is 9.36. The third-order valence-corrected chi connectivity index (χ3v) is 3.79. The standard InChI is InChI=1S/C12H15N/c13-12-7-11-9-4-2-1-3-8(9)5-6-10(11)12/h1-4,10-12H,5-7,13H2/t10-,11+,12-/m1/s1. The number of rotatable bonds is 0. The molecular formula is C12H15N. The van der Waals surface area contributed by atoms with Crippen LogP contribution in [0.5, 0.6) is 0 Å². The highest BCUT2D eigenvalue weighted by molar-refractivity contribution is 5.36. The Morgan fingerprint density at radius 3 is 2.92 bits per heavy atom. The van der Waals surface area contributed by atoms with Gasteiger partial charge in [-0.3, -0.25) is 0 Å².